The minimum absolute atomic E-state index is 0.333. The molecule has 2 N–H and O–H groups in total. The number of benzene rings is 1. The van der Waals surface area contributed by atoms with E-state index in [9.17, 15) is 0 Å². The minimum Gasteiger partial charge on any atom is -0.397 e. The molecule has 0 spiro atoms. The third-order valence-corrected chi connectivity index (χ3v) is 3.10. The molecular weight excluding hydrogens is 293 g/mol. The van der Waals surface area contributed by atoms with Crippen molar-refractivity contribution >= 4 is 40.5 Å². The molecule has 0 radical (unpaired) electrons. The van der Waals surface area contributed by atoms with Crippen molar-refractivity contribution in [3.05, 3.63) is 45.0 Å². The van der Waals surface area contributed by atoms with Crippen LogP contribution in [0, 0.1) is 11.3 Å². The van der Waals surface area contributed by atoms with Gasteiger partial charge >= 0.3 is 0 Å². The van der Waals surface area contributed by atoms with Gasteiger partial charge in [-0.2, -0.15) is 5.26 Å². The predicted molar refractivity (Wildman–Crippen MR) is 73.8 cm³/mol. The lowest BCUT2D eigenvalue weighted by molar-refractivity contribution is 1.30. The Balaban J connectivity index is 2.67. The van der Waals surface area contributed by atoms with Crippen molar-refractivity contribution < 1.29 is 0 Å². The summed E-state index contributed by atoms with van der Waals surface area (Å²) in [5.74, 6) is 0. The van der Waals surface area contributed by atoms with Crippen molar-refractivity contribution in [2.45, 2.75) is 0 Å². The molecule has 18 heavy (non-hydrogen) atoms. The zero-order chi connectivity index (χ0) is 13.3. The van der Waals surface area contributed by atoms with E-state index in [2.05, 4.69) is 4.98 Å². The molecule has 3 nitrogen and oxygen atoms in total. The van der Waals surface area contributed by atoms with Crippen LogP contribution in [0.25, 0.3) is 11.3 Å². The van der Waals surface area contributed by atoms with Crippen LogP contribution >= 0.6 is 34.8 Å². The number of nitrogens with two attached hydrogens (primary N) is 1. The standard InChI is InChI=1S/C12H6Cl3N3/c13-7-2-8(14)11(9(15)3-7)12-10(17)1-6(4-16)5-18-12/h1-3,5H,17H2. The molecule has 2 rings (SSSR count). The van der Waals surface area contributed by atoms with Crippen LogP contribution in [0.3, 0.4) is 0 Å². The molecule has 0 amide bonds. The molecular formula is C12H6Cl3N3. The van der Waals surface area contributed by atoms with Gasteiger partial charge in [-0.1, -0.05) is 34.8 Å². The summed E-state index contributed by atoms with van der Waals surface area (Å²) in [6, 6.07) is 6.59. The summed E-state index contributed by atoms with van der Waals surface area (Å²) in [6.07, 6.45) is 1.41. The highest BCUT2D eigenvalue weighted by molar-refractivity contribution is 6.41. The predicted octanol–water partition coefficient (Wildman–Crippen LogP) is 4.16. The number of rotatable bonds is 1. The second kappa shape index (κ2) is 5.03. The first-order valence-corrected chi connectivity index (χ1v) is 5.97. The molecule has 0 saturated heterocycles. The normalized spacial score (nSPS) is 10.1. The van der Waals surface area contributed by atoms with Crippen molar-refractivity contribution in [1.82, 2.24) is 4.98 Å². The molecule has 0 fully saturated rings. The van der Waals surface area contributed by atoms with E-state index in [0.717, 1.165) is 0 Å². The lowest BCUT2D eigenvalue weighted by Gasteiger charge is -2.09. The molecule has 6 heteroatoms. The van der Waals surface area contributed by atoms with Gasteiger partial charge in [-0.25, -0.2) is 0 Å². The molecule has 1 aromatic carbocycles. The van der Waals surface area contributed by atoms with Crippen molar-refractivity contribution in [3.63, 3.8) is 0 Å². The van der Waals surface area contributed by atoms with Gasteiger partial charge < -0.3 is 5.73 Å². The Morgan fingerprint density at radius 2 is 1.72 bits per heavy atom. The highest BCUT2D eigenvalue weighted by atomic mass is 35.5. The number of nitriles is 1. The Hall–Kier alpha value is -1.47. The summed E-state index contributed by atoms with van der Waals surface area (Å²) in [4.78, 5) is 4.11. The summed E-state index contributed by atoms with van der Waals surface area (Å²) < 4.78 is 0. The first-order valence-electron chi connectivity index (χ1n) is 4.83. The second-order valence-corrected chi connectivity index (χ2v) is 4.77. The van der Waals surface area contributed by atoms with Gasteiger partial charge in [-0.3, -0.25) is 4.98 Å². The summed E-state index contributed by atoms with van der Waals surface area (Å²) in [7, 11) is 0. The summed E-state index contributed by atoms with van der Waals surface area (Å²) in [6.45, 7) is 0. The summed E-state index contributed by atoms with van der Waals surface area (Å²) >= 11 is 18.0. The molecule has 1 aromatic heterocycles. The van der Waals surface area contributed by atoms with Crippen LogP contribution in [0.2, 0.25) is 15.1 Å². The molecule has 2 aromatic rings. The molecule has 0 bridgehead atoms. The van der Waals surface area contributed by atoms with E-state index in [0.29, 0.717) is 37.6 Å². The fraction of sp³-hybridized carbons (Fsp3) is 0. The van der Waals surface area contributed by atoms with Crippen molar-refractivity contribution in [1.29, 1.82) is 5.26 Å². The first-order chi connectivity index (χ1) is 8.52. The van der Waals surface area contributed by atoms with Gasteiger partial charge in [0, 0.05) is 16.8 Å². The smallest absolute Gasteiger partial charge is 0.101 e. The number of anilines is 1. The molecule has 90 valence electrons. The SMILES string of the molecule is N#Cc1cnc(-c2c(Cl)cc(Cl)cc2Cl)c(N)c1. The molecule has 1 heterocycles. The average molecular weight is 299 g/mol. The van der Waals surface area contributed by atoms with Gasteiger partial charge in [0.2, 0.25) is 0 Å². The highest BCUT2D eigenvalue weighted by Gasteiger charge is 2.14. The van der Waals surface area contributed by atoms with E-state index in [4.69, 9.17) is 45.8 Å². The van der Waals surface area contributed by atoms with Gasteiger partial charge in [-0.05, 0) is 18.2 Å². The fourth-order valence-electron chi connectivity index (χ4n) is 1.52. The van der Waals surface area contributed by atoms with Crippen LogP contribution in [-0.4, -0.2) is 4.98 Å². The molecule has 0 saturated carbocycles. The quantitative estimate of drug-likeness (QED) is 0.859. The molecule has 0 unspecified atom stereocenters. The Bertz CT molecular complexity index is 639. The van der Waals surface area contributed by atoms with Gasteiger partial charge in [0.1, 0.15) is 6.07 Å². The van der Waals surface area contributed by atoms with E-state index in [1.807, 2.05) is 6.07 Å². The Morgan fingerprint density at radius 3 is 2.22 bits per heavy atom. The maximum absolute atomic E-state index is 8.75. The highest BCUT2D eigenvalue weighted by Crippen LogP contribution is 2.38. The van der Waals surface area contributed by atoms with Crippen LogP contribution < -0.4 is 5.73 Å². The molecule has 0 atom stereocenters. The van der Waals surface area contributed by atoms with E-state index in [1.165, 1.54) is 12.3 Å². The number of aromatic nitrogens is 1. The van der Waals surface area contributed by atoms with E-state index < -0.39 is 0 Å². The molecule has 0 aliphatic rings. The number of nitrogen functional groups attached to an aromatic ring is 1. The van der Waals surface area contributed by atoms with Crippen LogP contribution in [0.4, 0.5) is 5.69 Å². The lowest BCUT2D eigenvalue weighted by atomic mass is 10.1. The van der Waals surface area contributed by atoms with Crippen LogP contribution in [-0.2, 0) is 0 Å². The van der Waals surface area contributed by atoms with Gasteiger partial charge in [-0.15, -0.1) is 0 Å². The number of halogens is 3. The topological polar surface area (TPSA) is 62.7 Å². The third kappa shape index (κ3) is 2.37. The number of pyridine rings is 1. The largest absolute Gasteiger partial charge is 0.397 e. The average Bonchev–Trinajstić information content (AvgIpc) is 2.29. The number of hydrogen-bond donors (Lipinski definition) is 1. The summed E-state index contributed by atoms with van der Waals surface area (Å²) in [5, 5.41) is 9.90. The Morgan fingerprint density at radius 1 is 1.11 bits per heavy atom. The Labute approximate surface area is 119 Å². The monoisotopic (exact) mass is 297 g/mol. The zero-order valence-electron chi connectivity index (χ0n) is 8.92. The van der Waals surface area contributed by atoms with Crippen molar-refractivity contribution in [2.75, 3.05) is 5.73 Å². The molecule has 0 aliphatic carbocycles. The number of hydrogen-bond acceptors (Lipinski definition) is 3. The molecule has 0 aliphatic heterocycles. The number of nitrogens with zero attached hydrogens (tertiary/aromatic N) is 2. The minimum atomic E-state index is 0.333. The lowest BCUT2D eigenvalue weighted by Crippen LogP contribution is -1.96. The van der Waals surface area contributed by atoms with E-state index in [1.54, 1.807) is 12.1 Å². The third-order valence-electron chi connectivity index (χ3n) is 2.29. The van der Waals surface area contributed by atoms with Crippen LogP contribution in [0.1, 0.15) is 5.56 Å². The van der Waals surface area contributed by atoms with E-state index in [-0.39, 0.29) is 0 Å². The fourth-order valence-corrected chi connectivity index (χ4v) is 2.52. The van der Waals surface area contributed by atoms with Crippen LogP contribution in [0.15, 0.2) is 24.4 Å². The Kier molecular flexibility index (Phi) is 3.63. The zero-order valence-corrected chi connectivity index (χ0v) is 11.2. The first kappa shape index (κ1) is 13.0. The van der Waals surface area contributed by atoms with Crippen molar-refractivity contribution in [2.24, 2.45) is 0 Å². The maximum atomic E-state index is 8.75. The second-order valence-electron chi connectivity index (χ2n) is 3.52. The van der Waals surface area contributed by atoms with Crippen LogP contribution in [0.5, 0.6) is 0 Å². The van der Waals surface area contributed by atoms with Crippen molar-refractivity contribution in [3.8, 4) is 17.3 Å². The van der Waals surface area contributed by atoms with Gasteiger partial charge in [0.15, 0.2) is 0 Å². The van der Waals surface area contributed by atoms with Gasteiger partial charge in [0.05, 0.1) is 27.0 Å². The van der Waals surface area contributed by atoms with E-state index >= 15 is 0 Å². The maximum Gasteiger partial charge on any atom is 0.101 e. The summed E-state index contributed by atoms with van der Waals surface area (Å²) in [5.41, 5.74) is 7.48. The van der Waals surface area contributed by atoms with Gasteiger partial charge in [0.25, 0.3) is 0 Å².